The highest BCUT2D eigenvalue weighted by Gasteiger charge is 2.22. The molecule has 4 aromatic rings. The van der Waals surface area contributed by atoms with Gasteiger partial charge < -0.3 is 20.1 Å². The molecule has 1 aromatic heterocycles. The van der Waals surface area contributed by atoms with Crippen LogP contribution in [0.5, 0.6) is 11.5 Å². The smallest absolute Gasteiger partial charge is 0.328 e. The zero-order valence-electron chi connectivity index (χ0n) is 18.4. The number of aryl methyl sites for hydroxylation is 1. The Balaban J connectivity index is 1.40. The minimum Gasteiger partial charge on any atom is -0.454 e. The van der Waals surface area contributed by atoms with E-state index < -0.39 is 17.7 Å². The van der Waals surface area contributed by atoms with Crippen molar-refractivity contribution in [2.45, 2.75) is 6.92 Å². The summed E-state index contributed by atoms with van der Waals surface area (Å²) in [5.74, 6) is -1.28. The molecule has 0 fully saturated rings. The van der Waals surface area contributed by atoms with Crippen molar-refractivity contribution in [2.24, 2.45) is 0 Å². The second-order valence-corrected chi connectivity index (χ2v) is 8.77. The molecule has 35 heavy (non-hydrogen) atoms. The van der Waals surface area contributed by atoms with Crippen molar-refractivity contribution in [1.82, 2.24) is 4.68 Å². The van der Waals surface area contributed by atoms with Crippen molar-refractivity contribution < 1.29 is 23.9 Å². The van der Waals surface area contributed by atoms with Crippen molar-refractivity contribution in [3.8, 4) is 11.5 Å². The Labute approximate surface area is 208 Å². The molecule has 3 N–H and O–H groups in total. The summed E-state index contributed by atoms with van der Waals surface area (Å²) < 4.78 is 12.6. The molecular weight excluding hydrogens is 516 g/mol. The van der Waals surface area contributed by atoms with Gasteiger partial charge >= 0.3 is 11.8 Å². The van der Waals surface area contributed by atoms with E-state index in [1.54, 1.807) is 48.5 Å². The fourth-order valence-electron chi connectivity index (χ4n) is 3.62. The van der Waals surface area contributed by atoms with Crippen LogP contribution in [0.25, 0.3) is 10.9 Å². The van der Waals surface area contributed by atoms with Crippen LogP contribution < -0.4 is 25.5 Å². The second-order valence-electron chi connectivity index (χ2n) is 7.85. The highest BCUT2D eigenvalue weighted by Crippen LogP contribution is 2.34. The van der Waals surface area contributed by atoms with Crippen molar-refractivity contribution in [3.05, 3.63) is 82.5 Å². The first-order valence-corrected chi connectivity index (χ1v) is 11.4. The average Bonchev–Trinajstić information content (AvgIpc) is 3.44. The summed E-state index contributed by atoms with van der Waals surface area (Å²) in [5, 5.41) is 6.04. The molecular formula is C25H19BrN4O5. The Morgan fingerprint density at radius 3 is 2.37 bits per heavy atom. The van der Waals surface area contributed by atoms with Gasteiger partial charge in [0, 0.05) is 27.3 Å². The number of anilines is 2. The number of ether oxygens (including phenoxy) is 2. The lowest BCUT2D eigenvalue weighted by molar-refractivity contribution is -0.133. The van der Waals surface area contributed by atoms with Crippen LogP contribution in [0, 0.1) is 6.92 Å². The molecule has 0 bridgehead atoms. The van der Waals surface area contributed by atoms with Gasteiger partial charge in [-0.1, -0.05) is 33.6 Å². The number of rotatable bonds is 4. The molecule has 0 saturated carbocycles. The number of amides is 3. The molecule has 0 radical (unpaired) electrons. The highest BCUT2D eigenvalue weighted by atomic mass is 79.9. The van der Waals surface area contributed by atoms with Crippen LogP contribution in [0.15, 0.2) is 71.2 Å². The summed E-state index contributed by atoms with van der Waals surface area (Å²) in [7, 11) is 0. The number of nitrogens with zero attached hydrogens (tertiary/aromatic N) is 1. The standard InChI is InChI=1S/C25H19BrN4O5/c1-14-2-5-17(6-3-14)27-23(31)20-11-15-10-16(26)4-8-19(15)30(20)29-25(33)24(32)28-18-7-9-21-22(12-18)35-13-34-21/h2-12H,13H2,1H3,(H,27,31)(H,28,32)(H,29,33). The van der Waals surface area contributed by atoms with Crippen molar-refractivity contribution in [3.63, 3.8) is 0 Å². The van der Waals surface area contributed by atoms with Gasteiger partial charge in [0.2, 0.25) is 6.79 Å². The Morgan fingerprint density at radius 2 is 1.57 bits per heavy atom. The Morgan fingerprint density at radius 1 is 0.829 bits per heavy atom. The Hall–Kier alpha value is -4.31. The van der Waals surface area contributed by atoms with E-state index in [1.807, 2.05) is 25.1 Å². The summed E-state index contributed by atoms with van der Waals surface area (Å²) in [5.41, 5.74) is 5.27. The molecule has 2 heterocycles. The fourth-order valence-corrected chi connectivity index (χ4v) is 4.00. The van der Waals surface area contributed by atoms with Crippen LogP contribution in [0.4, 0.5) is 11.4 Å². The number of hydrogen-bond donors (Lipinski definition) is 3. The third-order valence-corrected chi connectivity index (χ3v) is 5.85. The van der Waals surface area contributed by atoms with E-state index >= 15 is 0 Å². The second kappa shape index (κ2) is 9.15. The van der Waals surface area contributed by atoms with Crippen LogP contribution in [0.2, 0.25) is 0 Å². The number of hydrogen-bond acceptors (Lipinski definition) is 5. The summed E-state index contributed by atoms with van der Waals surface area (Å²) in [4.78, 5) is 38.5. The molecule has 5 rings (SSSR count). The fraction of sp³-hybridized carbons (Fsp3) is 0.0800. The van der Waals surface area contributed by atoms with Gasteiger partial charge in [0.05, 0.1) is 5.52 Å². The van der Waals surface area contributed by atoms with Crippen molar-refractivity contribution in [1.29, 1.82) is 0 Å². The van der Waals surface area contributed by atoms with E-state index in [0.717, 1.165) is 10.0 Å². The average molecular weight is 535 g/mol. The van der Waals surface area contributed by atoms with E-state index in [-0.39, 0.29) is 12.5 Å². The molecule has 3 aromatic carbocycles. The number of benzene rings is 3. The molecule has 0 spiro atoms. The maximum Gasteiger partial charge on any atom is 0.328 e. The molecule has 9 nitrogen and oxygen atoms in total. The number of carbonyl (C=O) groups is 3. The van der Waals surface area contributed by atoms with Gasteiger partial charge in [-0.2, -0.15) is 0 Å². The zero-order chi connectivity index (χ0) is 24.5. The van der Waals surface area contributed by atoms with Gasteiger partial charge in [0.25, 0.3) is 5.91 Å². The van der Waals surface area contributed by atoms with E-state index in [1.165, 1.54) is 4.68 Å². The number of nitrogens with one attached hydrogen (secondary N) is 3. The summed E-state index contributed by atoms with van der Waals surface area (Å²) in [6.07, 6.45) is 0. The van der Waals surface area contributed by atoms with Crippen LogP contribution in [-0.4, -0.2) is 29.2 Å². The van der Waals surface area contributed by atoms with E-state index in [4.69, 9.17) is 9.47 Å². The maximum absolute atomic E-state index is 13.1. The lowest BCUT2D eigenvalue weighted by Crippen LogP contribution is -2.36. The summed E-state index contributed by atoms with van der Waals surface area (Å²) in [6, 6.07) is 19.1. The van der Waals surface area contributed by atoms with E-state index in [9.17, 15) is 14.4 Å². The lowest BCUT2D eigenvalue weighted by Gasteiger charge is -2.13. The number of fused-ring (bicyclic) bond motifs is 2. The SMILES string of the molecule is Cc1ccc(NC(=O)c2cc3cc(Br)ccc3n2NC(=O)C(=O)Nc2ccc3c(c2)OCO3)cc1. The topological polar surface area (TPSA) is 111 Å². The van der Waals surface area contributed by atoms with Gasteiger partial charge in [-0.05, 0) is 55.5 Å². The van der Waals surface area contributed by atoms with Crippen LogP contribution in [-0.2, 0) is 9.59 Å². The predicted octanol–water partition coefficient (Wildman–Crippen LogP) is 4.40. The molecule has 176 valence electrons. The molecule has 0 aliphatic carbocycles. The Kier molecular flexibility index (Phi) is 5.87. The molecule has 1 aliphatic heterocycles. The van der Waals surface area contributed by atoms with Gasteiger partial charge in [0.1, 0.15) is 5.69 Å². The maximum atomic E-state index is 13.1. The molecule has 0 saturated heterocycles. The normalized spacial score (nSPS) is 11.8. The minimum atomic E-state index is -0.951. The third kappa shape index (κ3) is 4.69. The van der Waals surface area contributed by atoms with Crippen LogP contribution in [0.3, 0.4) is 0 Å². The van der Waals surface area contributed by atoms with Gasteiger partial charge in [-0.25, -0.2) is 4.68 Å². The van der Waals surface area contributed by atoms with Crippen LogP contribution in [0.1, 0.15) is 16.1 Å². The largest absolute Gasteiger partial charge is 0.454 e. The van der Waals surface area contributed by atoms with Gasteiger partial charge in [0.15, 0.2) is 11.5 Å². The predicted molar refractivity (Wildman–Crippen MR) is 134 cm³/mol. The lowest BCUT2D eigenvalue weighted by atomic mass is 10.2. The third-order valence-electron chi connectivity index (χ3n) is 5.36. The first-order valence-electron chi connectivity index (χ1n) is 10.6. The molecule has 0 unspecified atom stereocenters. The van der Waals surface area contributed by atoms with Gasteiger partial charge in [-0.15, -0.1) is 0 Å². The number of halogens is 1. The molecule has 3 amide bonds. The molecule has 10 heteroatoms. The number of carbonyl (C=O) groups excluding carboxylic acids is 3. The summed E-state index contributed by atoms with van der Waals surface area (Å²) in [6.45, 7) is 2.04. The summed E-state index contributed by atoms with van der Waals surface area (Å²) >= 11 is 3.42. The zero-order valence-corrected chi connectivity index (χ0v) is 20.0. The van der Waals surface area contributed by atoms with Crippen molar-refractivity contribution in [2.75, 3.05) is 22.9 Å². The molecule has 1 aliphatic rings. The van der Waals surface area contributed by atoms with Crippen molar-refractivity contribution >= 4 is 55.9 Å². The molecule has 0 atom stereocenters. The highest BCUT2D eigenvalue weighted by molar-refractivity contribution is 9.10. The monoisotopic (exact) mass is 534 g/mol. The first-order chi connectivity index (χ1) is 16.9. The number of aromatic nitrogens is 1. The first kappa shape index (κ1) is 22.5. The van der Waals surface area contributed by atoms with E-state index in [0.29, 0.717) is 33.8 Å². The van der Waals surface area contributed by atoms with E-state index in [2.05, 4.69) is 32.0 Å². The minimum absolute atomic E-state index is 0.0947. The van der Waals surface area contributed by atoms with Gasteiger partial charge in [-0.3, -0.25) is 19.8 Å². The van der Waals surface area contributed by atoms with Crippen LogP contribution >= 0.6 is 15.9 Å². The Bertz CT molecular complexity index is 1480. The quantitative estimate of drug-likeness (QED) is 0.336.